The molecule has 0 amide bonds. The molecule has 3 rings (SSSR count). The van der Waals surface area contributed by atoms with Gasteiger partial charge in [-0.25, -0.2) is 0 Å². The first-order valence-corrected chi connectivity index (χ1v) is 7.30. The van der Waals surface area contributed by atoms with E-state index in [0.29, 0.717) is 12.2 Å². The molecule has 2 N–H and O–H groups in total. The first-order chi connectivity index (χ1) is 9.85. The number of hydrogen-bond acceptors (Lipinski definition) is 3. The first-order valence-electron chi connectivity index (χ1n) is 7.30. The summed E-state index contributed by atoms with van der Waals surface area (Å²) in [6.45, 7) is 8.39. The van der Waals surface area contributed by atoms with Gasteiger partial charge in [-0.1, -0.05) is 19.9 Å². The Kier molecular flexibility index (Phi) is 3.12. The number of aromatic nitrogens is 2. The van der Waals surface area contributed by atoms with Crippen LogP contribution in [0.4, 0.5) is 11.5 Å². The molecule has 110 valence electrons. The molecule has 1 aliphatic rings. The van der Waals surface area contributed by atoms with Crippen molar-refractivity contribution in [1.82, 2.24) is 10.2 Å². The SMILES string of the molecule is Cc1ccc(Nc2n[nH]c3c2C(=O)CC(C)(C)C3)cc1C. The molecule has 0 radical (unpaired) electrons. The topological polar surface area (TPSA) is 57.8 Å². The lowest BCUT2D eigenvalue weighted by atomic mass is 9.76. The number of hydrogen-bond donors (Lipinski definition) is 2. The summed E-state index contributed by atoms with van der Waals surface area (Å²) < 4.78 is 0. The van der Waals surface area contributed by atoms with Crippen molar-refractivity contribution in [2.75, 3.05) is 5.32 Å². The molecule has 0 aliphatic heterocycles. The Morgan fingerprint density at radius 2 is 1.95 bits per heavy atom. The fourth-order valence-electron chi connectivity index (χ4n) is 2.92. The quantitative estimate of drug-likeness (QED) is 0.878. The Bertz CT molecular complexity index is 713. The molecule has 1 aliphatic carbocycles. The van der Waals surface area contributed by atoms with E-state index in [-0.39, 0.29) is 11.2 Å². The van der Waals surface area contributed by atoms with Gasteiger partial charge in [0.15, 0.2) is 11.6 Å². The minimum absolute atomic E-state index is 0.00827. The van der Waals surface area contributed by atoms with Crippen molar-refractivity contribution in [3.05, 3.63) is 40.6 Å². The Morgan fingerprint density at radius 3 is 2.67 bits per heavy atom. The predicted molar refractivity (Wildman–Crippen MR) is 84.2 cm³/mol. The van der Waals surface area contributed by atoms with Crippen LogP contribution in [0.15, 0.2) is 18.2 Å². The molecule has 2 aromatic rings. The molecule has 1 aromatic heterocycles. The summed E-state index contributed by atoms with van der Waals surface area (Å²) in [5.74, 6) is 0.815. The summed E-state index contributed by atoms with van der Waals surface area (Å²) in [7, 11) is 0. The van der Waals surface area contributed by atoms with E-state index in [1.54, 1.807) is 0 Å². The third-order valence-corrected chi connectivity index (χ3v) is 4.18. The number of nitrogens with zero attached hydrogens (tertiary/aromatic N) is 1. The highest BCUT2D eigenvalue weighted by molar-refractivity contribution is 6.03. The highest BCUT2D eigenvalue weighted by Gasteiger charge is 2.34. The average molecular weight is 283 g/mol. The Labute approximate surface area is 125 Å². The van der Waals surface area contributed by atoms with Crippen LogP contribution >= 0.6 is 0 Å². The van der Waals surface area contributed by atoms with E-state index in [2.05, 4.69) is 55.3 Å². The Balaban J connectivity index is 1.93. The van der Waals surface area contributed by atoms with Crippen LogP contribution in [0.3, 0.4) is 0 Å². The maximum Gasteiger partial charge on any atom is 0.169 e. The molecule has 0 atom stereocenters. The fourth-order valence-corrected chi connectivity index (χ4v) is 2.92. The molecule has 0 fully saturated rings. The van der Waals surface area contributed by atoms with E-state index in [9.17, 15) is 4.79 Å². The number of benzene rings is 1. The largest absolute Gasteiger partial charge is 0.338 e. The van der Waals surface area contributed by atoms with Crippen LogP contribution in [-0.4, -0.2) is 16.0 Å². The van der Waals surface area contributed by atoms with Gasteiger partial charge in [0.1, 0.15) is 0 Å². The van der Waals surface area contributed by atoms with Crippen LogP contribution in [0.25, 0.3) is 0 Å². The number of nitrogens with one attached hydrogen (secondary N) is 2. The summed E-state index contributed by atoms with van der Waals surface area (Å²) in [5.41, 5.74) is 5.12. The summed E-state index contributed by atoms with van der Waals surface area (Å²) in [6.07, 6.45) is 1.43. The van der Waals surface area contributed by atoms with Crippen LogP contribution in [-0.2, 0) is 6.42 Å². The third kappa shape index (κ3) is 2.58. The third-order valence-electron chi connectivity index (χ3n) is 4.18. The number of H-pyrrole nitrogens is 1. The predicted octanol–water partition coefficient (Wildman–Crippen LogP) is 3.93. The zero-order chi connectivity index (χ0) is 15.2. The molecular weight excluding hydrogens is 262 g/mol. The van der Waals surface area contributed by atoms with Crippen LogP contribution in [0.5, 0.6) is 0 Å². The molecule has 0 bridgehead atoms. The van der Waals surface area contributed by atoms with Gasteiger partial charge in [0.05, 0.1) is 5.56 Å². The van der Waals surface area contributed by atoms with Crippen molar-refractivity contribution >= 4 is 17.3 Å². The Morgan fingerprint density at radius 1 is 1.19 bits per heavy atom. The maximum atomic E-state index is 12.4. The molecule has 4 heteroatoms. The molecule has 0 spiro atoms. The summed E-state index contributed by atoms with van der Waals surface area (Å²) in [4.78, 5) is 12.4. The standard InChI is InChI=1S/C17H21N3O/c1-10-5-6-12(7-11(10)2)18-16-15-13(19-20-16)8-17(3,4)9-14(15)21/h5-7H,8-9H2,1-4H3,(H2,18,19,20). The van der Waals surface area contributed by atoms with Crippen molar-refractivity contribution in [3.63, 3.8) is 0 Å². The number of aryl methyl sites for hydroxylation is 2. The monoisotopic (exact) mass is 283 g/mol. The van der Waals surface area contributed by atoms with E-state index >= 15 is 0 Å². The maximum absolute atomic E-state index is 12.4. The molecule has 21 heavy (non-hydrogen) atoms. The number of rotatable bonds is 2. The molecule has 0 saturated heterocycles. The second kappa shape index (κ2) is 4.72. The van der Waals surface area contributed by atoms with Gasteiger partial charge in [0.25, 0.3) is 0 Å². The van der Waals surface area contributed by atoms with Crippen LogP contribution in [0, 0.1) is 19.3 Å². The normalized spacial score (nSPS) is 16.7. The number of aromatic amines is 1. The molecular formula is C17H21N3O. The van der Waals surface area contributed by atoms with Crippen molar-refractivity contribution in [2.45, 2.75) is 40.5 Å². The lowest BCUT2D eigenvalue weighted by molar-refractivity contribution is 0.0912. The summed E-state index contributed by atoms with van der Waals surface area (Å²) >= 11 is 0. The molecule has 4 nitrogen and oxygen atoms in total. The zero-order valence-electron chi connectivity index (χ0n) is 13.0. The highest BCUT2D eigenvalue weighted by Crippen LogP contribution is 2.37. The van der Waals surface area contributed by atoms with E-state index in [1.807, 2.05) is 6.07 Å². The first kappa shape index (κ1) is 13.9. The number of anilines is 2. The number of Topliss-reactive ketones (excluding diaryl/α,β-unsaturated/α-hetero) is 1. The molecule has 0 saturated carbocycles. The minimum Gasteiger partial charge on any atom is -0.338 e. The smallest absolute Gasteiger partial charge is 0.169 e. The van der Waals surface area contributed by atoms with Crippen LogP contribution < -0.4 is 5.32 Å². The number of fused-ring (bicyclic) bond motifs is 1. The van der Waals surface area contributed by atoms with E-state index in [0.717, 1.165) is 23.4 Å². The van der Waals surface area contributed by atoms with Crippen molar-refractivity contribution in [1.29, 1.82) is 0 Å². The van der Waals surface area contributed by atoms with Crippen molar-refractivity contribution < 1.29 is 4.79 Å². The van der Waals surface area contributed by atoms with Crippen LogP contribution in [0.1, 0.15) is 47.4 Å². The zero-order valence-corrected chi connectivity index (χ0v) is 13.0. The summed E-state index contributed by atoms with van der Waals surface area (Å²) in [6, 6.07) is 6.16. The molecule has 1 aromatic carbocycles. The van der Waals surface area contributed by atoms with Crippen molar-refractivity contribution in [3.8, 4) is 0 Å². The summed E-state index contributed by atoms with van der Waals surface area (Å²) in [5, 5.41) is 10.6. The molecule has 0 unspecified atom stereocenters. The highest BCUT2D eigenvalue weighted by atomic mass is 16.1. The van der Waals surface area contributed by atoms with Gasteiger partial charge in [-0.15, -0.1) is 0 Å². The minimum atomic E-state index is 0.00827. The number of ketones is 1. The van der Waals surface area contributed by atoms with Crippen LogP contribution in [0.2, 0.25) is 0 Å². The number of carbonyl (C=O) groups excluding carboxylic acids is 1. The van der Waals surface area contributed by atoms with Gasteiger partial charge in [-0.05, 0) is 48.9 Å². The number of carbonyl (C=O) groups is 1. The van der Waals surface area contributed by atoms with Gasteiger partial charge in [-0.2, -0.15) is 5.10 Å². The van der Waals surface area contributed by atoms with Gasteiger partial charge < -0.3 is 5.32 Å². The lowest BCUT2D eigenvalue weighted by Crippen LogP contribution is -2.26. The van der Waals surface area contributed by atoms with Gasteiger partial charge in [0, 0.05) is 17.8 Å². The Hall–Kier alpha value is -2.10. The van der Waals surface area contributed by atoms with E-state index < -0.39 is 0 Å². The van der Waals surface area contributed by atoms with E-state index in [4.69, 9.17) is 0 Å². The van der Waals surface area contributed by atoms with Gasteiger partial charge in [-0.3, -0.25) is 9.89 Å². The van der Waals surface area contributed by atoms with Crippen molar-refractivity contribution in [2.24, 2.45) is 5.41 Å². The fraction of sp³-hybridized carbons (Fsp3) is 0.412. The van der Waals surface area contributed by atoms with Gasteiger partial charge in [0.2, 0.25) is 0 Å². The molecule has 1 heterocycles. The lowest BCUT2D eigenvalue weighted by Gasteiger charge is -2.27. The average Bonchev–Trinajstić information content (AvgIpc) is 2.75. The second-order valence-electron chi connectivity index (χ2n) is 6.79. The van der Waals surface area contributed by atoms with Gasteiger partial charge >= 0.3 is 0 Å². The second-order valence-corrected chi connectivity index (χ2v) is 6.79. The van der Waals surface area contributed by atoms with E-state index in [1.165, 1.54) is 11.1 Å².